The Labute approximate surface area is 187 Å². The molecule has 1 amide bonds. The van der Waals surface area contributed by atoms with Gasteiger partial charge >= 0.3 is 0 Å². The van der Waals surface area contributed by atoms with Crippen LogP contribution >= 0.6 is 11.3 Å². The largest absolute Gasteiger partial charge is 0.503 e. The van der Waals surface area contributed by atoms with E-state index >= 15 is 0 Å². The predicted molar refractivity (Wildman–Crippen MR) is 117 cm³/mol. The molecule has 1 N–H and O–H groups in total. The molecule has 1 atom stereocenters. The van der Waals surface area contributed by atoms with Crippen molar-refractivity contribution in [3.8, 4) is 10.6 Å². The number of carbonyl (C=O) groups is 2. The summed E-state index contributed by atoms with van der Waals surface area (Å²) in [6.45, 7) is 1.82. The highest BCUT2D eigenvalue weighted by Crippen LogP contribution is 2.41. The van der Waals surface area contributed by atoms with Crippen LogP contribution in [0.3, 0.4) is 0 Å². The van der Waals surface area contributed by atoms with Gasteiger partial charge in [-0.2, -0.15) is 0 Å². The number of Topliss-reactive ketones (excluding diaryl/α,β-unsaturated/α-hetero) is 1. The normalized spacial score (nSPS) is 16.2. The number of aromatic nitrogens is 1. The fourth-order valence-corrected chi connectivity index (χ4v) is 4.82. The topological polar surface area (TPSA) is 96.8 Å². The number of rotatable bonds is 6. The van der Waals surface area contributed by atoms with E-state index in [1.165, 1.54) is 28.8 Å². The number of aliphatic hydroxyl groups excluding tert-OH is 1. The molecule has 5 rings (SSSR count). The number of hydrogen-bond donors (Lipinski definition) is 1. The summed E-state index contributed by atoms with van der Waals surface area (Å²) in [5.74, 6) is -0.788. The van der Waals surface area contributed by atoms with E-state index in [0.717, 1.165) is 5.56 Å². The van der Waals surface area contributed by atoms with E-state index in [-0.39, 0.29) is 12.1 Å². The Kier molecular flexibility index (Phi) is 4.99. The molecule has 8 heteroatoms. The first kappa shape index (κ1) is 20.0. The van der Waals surface area contributed by atoms with Gasteiger partial charge in [0.25, 0.3) is 5.91 Å². The molecule has 32 heavy (non-hydrogen) atoms. The van der Waals surface area contributed by atoms with Gasteiger partial charge in [0.05, 0.1) is 35.2 Å². The summed E-state index contributed by atoms with van der Waals surface area (Å²) in [4.78, 5) is 32.9. The molecule has 0 bridgehead atoms. The minimum absolute atomic E-state index is 0.0251. The number of aryl methyl sites for hydroxylation is 1. The number of furan rings is 2. The number of benzene rings is 1. The summed E-state index contributed by atoms with van der Waals surface area (Å²) in [5, 5.41) is 11.4. The zero-order valence-electron chi connectivity index (χ0n) is 17.0. The summed E-state index contributed by atoms with van der Waals surface area (Å²) in [6, 6.07) is 15.4. The summed E-state index contributed by atoms with van der Waals surface area (Å²) in [5.41, 5.74) is 1.40. The zero-order chi connectivity index (χ0) is 22.2. The van der Waals surface area contributed by atoms with E-state index in [4.69, 9.17) is 8.83 Å². The van der Waals surface area contributed by atoms with E-state index < -0.39 is 23.5 Å². The van der Waals surface area contributed by atoms with Gasteiger partial charge in [-0.1, -0.05) is 30.3 Å². The lowest BCUT2D eigenvalue weighted by Gasteiger charge is -2.23. The molecule has 1 aliphatic rings. The Morgan fingerprint density at radius 2 is 1.84 bits per heavy atom. The Morgan fingerprint density at radius 1 is 1.09 bits per heavy atom. The van der Waals surface area contributed by atoms with Crippen molar-refractivity contribution in [2.24, 2.45) is 0 Å². The van der Waals surface area contributed by atoms with Crippen molar-refractivity contribution in [1.29, 1.82) is 0 Å². The van der Waals surface area contributed by atoms with Gasteiger partial charge in [-0.3, -0.25) is 9.59 Å². The van der Waals surface area contributed by atoms with Crippen LogP contribution in [0.15, 0.2) is 87.3 Å². The van der Waals surface area contributed by atoms with Crippen LogP contribution in [0.4, 0.5) is 0 Å². The summed E-state index contributed by atoms with van der Waals surface area (Å²) in [7, 11) is 0. The molecule has 0 saturated carbocycles. The van der Waals surface area contributed by atoms with Gasteiger partial charge < -0.3 is 18.8 Å². The number of nitrogens with zero attached hydrogens (tertiary/aromatic N) is 2. The molecule has 4 heterocycles. The SMILES string of the molecule is Cc1nc(-c2ccccc2)sc1C(=O)C1=C(O)C(=O)N(Cc2ccco2)C1c1ccco1. The van der Waals surface area contributed by atoms with Crippen molar-refractivity contribution in [3.63, 3.8) is 0 Å². The van der Waals surface area contributed by atoms with Crippen LogP contribution in [-0.4, -0.2) is 26.7 Å². The molecule has 0 fully saturated rings. The van der Waals surface area contributed by atoms with E-state index in [1.54, 1.807) is 31.2 Å². The molecule has 4 aromatic rings. The molecule has 0 radical (unpaired) electrons. The minimum Gasteiger partial charge on any atom is -0.503 e. The lowest BCUT2D eigenvalue weighted by molar-refractivity contribution is -0.130. The quantitative estimate of drug-likeness (QED) is 0.415. The first-order valence-corrected chi connectivity index (χ1v) is 10.7. The monoisotopic (exact) mass is 446 g/mol. The number of thiazole rings is 1. The molecular formula is C24H18N2O5S. The molecular weight excluding hydrogens is 428 g/mol. The summed E-state index contributed by atoms with van der Waals surface area (Å²) >= 11 is 1.23. The smallest absolute Gasteiger partial charge is 0.290 e. The van der Waals surface area contributed by atoms with Gasteiger partial charge in [-0.25, -0.2) is 4.98 Å². The maximum atomic E-state index is 13.6. The van der Waals surface area contributed by atoms with E-state index in [2.05, 4.69) is 4.98 Å². The minimum atomic E-state index is -0.878. The van der Waals surface area contributed by atoms with Crippen LogP contribution in [0.25, 0.3) is 10.6 Å². The summed E-state index contributed by atoms with van der Waals surface area (Å²) < 4.78 is 10.9. The highest BCUT2D eigenvalue weighted by Gasteiger charge is 2.46. The number of amides is 1. The Morgan fingerprint density at radius 3 is 2.53 bits per heavy atom. The maximum absolute atomic E-state index is 13.6. The fraction of sp³-hybridized carbons (Fsp3) is 0.125. The van der Waals surface area contributed by atoms with E-state index in [1.807, 2.05) is 30.3 Å². The molecule has 1 unspecified atom stereocenters. The second-order valence-corrected chi connectivity index (χ2v) is 8.32. The molecule has 0 aliphatic carbocycles. The number of aliphatic hydroxyl groups is 1. The van der Waals surface area contributed by atoms with Crippen molar-refractivity contribution >= 4 is 23.0 Å². The van der Waals surface area contributed by atoms with Crippen LogP contribution in [-0.2, 0) is 11.3 Å². The summed E-state index contributed by atoms with van der Waals surface area (Å²) in [6.07, 6.45) is 2.97. The average molecular weight is 446 g/mol. The lowest BCUT2D eigenvalue weighted by Crippen LogP contribution is -2.30. The molecule has 3 aromatic heterocycles. The number of hydrogen-bond acceptors (Lipinski definition) is 7. The second kappa shape index (κ2) is 7.97. The van der Waals surface area contributed by atoms with Crippen LogP contribution in [0.5, 0.6) is 0 Å². The third kappa shape index (κ3) is 3.34. The van der Waals surface area contributed by atoms with Gasteiger partial charge in [0.2, 0.25) is 5.78 Å². The van der Waals surface area contributed by atoms with E-state index in [9.17, 15) is 14.7 Å². The second-order valence-electron chi connectivity index (χ2n) is 7.32. The van der Waals surface area contributed by atoms with Crippen LogP contribution in [0, 0.1) is 6.92 Å². The van der Waals surface area contributed by atoms with Crippen molar-refractivity contribution < 1.29 is 23.5 Å². The van der Waals surface area contributed by atoms with Crippen molar-refractivity contribution in [1.82, 2.24) is 9.88 Å². The molecule has 0 spiro atoms. The highest BCUT2D eigenvalue weighted by molar-refractivity contribution is 7.17. The standard InChI is InChI=1S/C24H18N2O5S/c1-14-22(32-23(25-14)15-7-3-2-4-8-15)20(27)18-19(17-10-6-12-31-17)26(24(29)21(18)28)13-16-9-5-11-30-16/h2-12,19,28H,13H2,1H3. The Balaban J connectivity index is 1.56. The van der Waals surface area contributed by atoms with Gasteiger partial charge in [0.1, 0.15) is 22.6 Å². The molecule has 0 saturated heterocycles. The maximum Gasteiger partial charge on any atom is 0.290 e. The van der Waals surface area contributed by atoms with Crippen molar-refractivity contribution in [2.75, 3.05) is 0 Å². The molecule has 160 valence electrons. The van der Waals surface area contributed by atoms with Crippen LogP contribution < -0.4 is 0 Å². The van der Waals surface area contributed by atoms with Crippen LogP contribution in [0.2, 0.25) is 0 Å². The third-order valence-electron chi connectivity index (χ3n) is 5.29. The molecule has 1 aromatic carbocycles. The first-order valence-electron chi connectivity index (χ1n) is 9.92. The molecule has 1 aliphatic heterocycles. The number of ketones is 1. The van der Waals surface area contributed by atoms with Gasteiger partial charge in [0, 0.05) is 5.56 Å². The average Bonchev–Trinajstić information content (AvgIpc) is 3.60. The lowest BCUT2D eigenvalue weighted by atomic mass is 9.99. The van der Waals surface area contributed by atoms with Gasteiger partial charge in [0.15, 0.2) is 5.76 Å². The van der Waals surface area contributed by atoms with Crippen LogP contribution in [0.1, 0.15) is 32.9 Å². The van der Waals surface area contributed by atoms with Crippen molar-refractivity contribution in [3.05, 3.63) is 101 Å². The first-order chi connectivity index (χ1) is 15.5. The highest BCUT2D eigenvalue weighted by atomic mass is 32.1. The zero-order valence-corrected chi connectivity index (χ0v) is 17.8. The molecule has 7 nitrogen and oxygen atoms in total. The Hall–Kier alpha value is -3.91. The number of carbonyl (C=O) groups excluding carboxylic acids is 2. The fourth-order valence-electron chi connectivity index (χ4n) is 3.80. The van der Waals surface area contributed by atoms with Gasteiger partial charge in [-0.05, 0) is 31.2 Å². The Bertz CT molecular complexity index is 1300. The van der Waals surface area contributed by atoms with E-state index in [0.29, 0.717) is 27.1 Å². The van der Waals surface area contributed by atoms with Crippen molar-refractivity contribution in [2.45, 2.75) is 19.5 Å². The predicted octanol–water partition coefficient (Wildman–Crippen LogP) is 5.08. The van der Waals surface area contributed by atoms with Gasteiger partial charge in [-0.15, -0.1) is 11.3 Å². The third-order valence-corrected chi connectivity index (χ3v) is 6.50.